The molecule has 0 bridgehead atoms. The van der Waals surface area contributed by atoms with E-state index in [4.69, 9.17) is 18.9 Å². The van der Waals surface area contributed by atoms with Crippen LogP contribution < -0.4 is 0 Å². The van der Waals surface area contributed by atoms with E-state index in [1.54, 1.807) is 0 Å². The van der Waals surface area contributed by atoms with Crippen LogP contribution in [0, 0.1) is 28.6 Å². The van der Waals surface area contributed by atoms with Gasteiger partial charge in [0.2, 0.25) is 0 Å². The van der Waals surface area contributed by atoms with Crippen LogP contribution in [0.25, 0.3) is 0 Å². The van der Waals surface area contributed by atoms with Gasteiger partial charge in [-0.25, -0.2) is 0 Å². The first-order valence-electron chi connectivity index (χ1n) is 11.9. The highest BCUT2D eigenvalue weighted by molar-refractivity contribution is 5.89. The number of rotatable bonds is 1. The molecule has 3 spiro atoms. The molecule has 3 heterocycles. The summed E-state index contributed by atoms with van der Waals surface area (Å²) in [4.78, 5) is 37.9. The molecule has 0 aromatic carbocycles. The standard InChI is InChI=1S/C24H30O7/c1-20-11-15-24(29-15)17(13(20)4-8-22(20)9-6-16(26)30-22)12(19(27)28-3)10-23-18(31-23)14(25)5-7-21(23,24)2/h12-13,15,17-18H,4-11H2,1-3H3/t12-,13?,15+,17?,18-,20-,21-,22?,23-,24-/m0/s1. The first-order valence-corrected chi connectivity index (χ1v) is 11.9. The van der Waals surface area contributed by atoms with Gasteiger partial charge in [0.25, 0.3) is 0 Å². The first-order chi connectivity index (χ1) is 14.7. The minimum absolute atomic E-state index is 0.000380. The molecule has 0 amide bonds. The average Bonchev–Trinajstić information content (AvgIpc) is 3.59. The number of hydrogen-bond acceptors (Lipinski definition) is 7. The smallest absolute Gasteiger partial charge is 0.309 e. The van der Waals surface area contributed by atoms with E-state index in [2.05, 4.69) is 13.8 Å². The predicted molar refractivity (Wildman–Crippen MR) is 105 cm³/mol. The van der Waals surface area contributed by atoms with Gasteiger partial charge >= 0.3 is 11.9 Å². The Morgan fingerprint density at radius 3 is 2.58 bits per heavy atom. The van der Waals surface area contributed by atoms with Gasteiger partial charge in [-0.1, -0.05) is 13.8 Å². The van der Waals surface area contributed by atoms with Crippen LogP contribution in [0.3, 0.4) is 0 Å². The summed E-state index contributed by atoms with van der Waals surface area (Å²) in [5.41, 5.74) is -2.00. The van der Waals surface area contributed by atoms with E-state index in [1.807, 2.05) is 0 Å². The number of carbonyl (C=O) groups excluding carboxylic acids is 3. The van der Waals surface area contributed by atoms with Crippen molar-refractivity contribution in [2.24, 2.45) is 28.6 Å². The third kappa shape index (κ3) is 1.77. The molecule has 168 valence electrons. The maximum atomic E-state index is 13.2. The molecule has 7 heteroatoms. The van der Waals surface area contributed by atoms with Crippen molar-refractivity contribution in [3.8, 4) is 0 Å². The molecular weight excluding hydrogens is 400 g/mol. The molecule has 3 unspecified atom stereocenters. The number of fused-ring (bicyclic) bond motifs is 3. The van der Waals surface area contributed by atoms with Crippen molar-refractivity contribution in [2.45, 2.75) is 94.2 Å². The Kier molecular flexibility index (Phi) is 3.19. The maximum absolute atomic E-state index is 13.2. The normalized spacial score (nSPS) is 60.3. The van der Waals surface area contributed by atoms with Crippen LogP contribution in [0.1, 0.15) is 65.2 Å². The van der Waals surface area contributed by atoms with E-state index in [9.17, 15) is 14.4 Å². The minimum Gasteiger partial charge on any atom is -0.469 e. The van der Waals surface area contributed by atoms with Crippen LogP contribution in [-0.4, -0.2) is 53.8 Å². The number of carbonyl (C=O) groups is 3. The largest absolute Gasteiger partial charge is 0.469 e. The quantitative estimate of drug-likeness (QED) is 0.465. The highest BCUT2D eigenvalue weighted by atomic mass is 16.6. The molecule has 0 aromatic rings. The summed E-state index contributed by atoms with van der Waals surface area (Å²) in [5, 5.41) is 0. The van der Waals surface area contributed by atoms with Crippen molar-refractivity contribution in [3.05, 3.63) is 0 Å². The van der Waals surface area contributed by atoms with E-state index >= 15 is 0 Å². The molecule has 0 aromatic heterocycles. The summed E-state index contributed by atoms with van der Waals surface area (Å²) in [6, 6.07) is 0. The molecule has 3 saturated heterocycles. The van der Waals surface area contributed by atoms with Gasteiger partial charge in [0.15, 0.2) is 5.78 Å². The number of methoxy groups -OCH3 is 1. The van der Waals surface area contributed by atoms with Gasteiger partial charge in [0.1, 0.15) is 22.9 Å². The maximum Gasteiger partial charge on any atom is 0.309 e. The third-order valence-electron chi connectivity index (χ3n) is 11.2. The molecule has 4 saturated carbocycles. The number of epoxide rings is 2. The fourth-order valence-electron chi connectivity index (χ4n) is 9.63. The van der Waals surface area contributed by atoms with E-state index in [1.165, 1.54) is 7.11 Å². The number of Topliss-reactive ketones (excluding diaryl/α,β-unsaturated/α-hetero) is 1. The highest BCUT2D eigenvalue weighted by Gasteiger charge is 2.91. The van der Waals surface area contributed by atoms with Gasteiger partial charge in [-0.3, -0.25) is 14.4 Å². The Morgan fingerprint density at radius 2 is 1.87 bits per heavy atom. The van der Waals surface area contributed by atoms with Gasteiger partial charge in [-0.15, -0.1) is 0 Å². The summed E-state index contributed by atoms with van der Waals surface area (Å²) >= 11 is 0. The Balaban J connectivity index is 1.37. The number of ketones is 1. The summed E-state index contributed by atoms with van der Waals surface area (Å²) < 4.78 is 24.2. The lowest BCUT2D eigenvalue weighted by molar-refractivity contribution is -0.184. The van der Waals surface area contributed by atoms with E-state index < -0.39 is 22.9 Å². The van der Waals surface area contributed by atoms with Crippen LogP contribution in [-0.2, 0) is 33.3 Å². The zero-order valence-electron chi connectivity index (χ0n) is 18.4. The zero-order chi connectivity index (χ0) is 21.6. The topological polar surface area (TPSA) is 94.7 Å². The van der Waals surface area contributed by atoms with E-state index in [0.29, 0.717) is 19.3 Å². The zero-order valence-corrected chi connectivity index (χ0v) is 18.4. The van der Waals surface area contributed by atoms with Crippen LogP contribution in [0.5, 0.6) is 0 Å². The van der Waals surface area contributed by atoms with Gasteiger partial charge in [0.05, 0.1) is 19.1 Å². The molecule has 0 N–H and O–H groups in total. The highest BCUT2D eigenvalue weighted by Crippen LogP contribution is 2.82. The lowest BCUT2D eigenvalue weighted by Gasteiger charge is -2.59. The molecule has 4 aliphatic carbocycles. The third-order valence-corrected chi connectivity index (χ3v) is 11.2. The number of ether oxygens (including phenoxy) is 4. The second-order valence-corrected chi connectivity index (χ2v) is 11.7. The second-order valence-electron chi connectivity index (χ2n) is 11.7. The lowest BCUT2D eigenvalue weighted by Crippen LogP contribution is -2.68. The van der Waals surface area contributed by atoms with Crippen molar-refractivity contribution < 1.29 is 33.3 Å². The van der Waals surface area contributed by atoms with Gasteiger partial charge < -0.3 is 18.9 Å². The van der Waals surface area contributed by atoms with Crippen molar-refractivity contribution in [1.82, 2.24) is 0 Å². The van der Waals surface area contributed by atoms with Gasteiger partial charge in [-0.2, -0.15) is 0 Å². The van der Waals surface area contributed by atoms with Crippen molar-refractivity contribution in [1.29, 1.82) is 0 Å². The number of esters is 2. The summed E-state index contributed by atoms with van der Waals surface area (Å²) in [6.45, 7) is 4.50. The summed E-state index contributed by atoms with van der Waals surface area (Å²) in [6.07, 6.45) is 5.22. The van der Waals surface area contributed by atoms with Crippen LogP contribution in [0.15, 0.2) is 0 Å². The van der Waals surface area contributed by atoms with Crippen LogP contribution in [0.4, 0.5) is 0 Å². The fourth-order valence-corrected chi connectivity index (χ4v) is 9.63. The van der Waals surface area contributed by atoms with Crippen LogP contribution >= 0.6 is 0 Å². The van der Waals surface area contributed by atoms with Crippen molar-refractivity contribution in [3.63, 3.8) is 0 Å². The van der Waals surface area contributed by atoms with Gasteiger partial charge in [-0.05, 0) is 44.4 Å². The Morgan fingerprint density at radius 1 is 1.06 bits per heavy atom. The molecule has 10 atom stereocenters. The first kappa shape index (κ1) is 19.0. The van der Waals surface area contributed by atoms with Crippen molar-refractivity contribution >= 4 is 17.7 Å². The molecule has 31 heavy (non-hydrogen) atoms. The molecule has 7 nitrogen and oxygen atoms in total. The molecule has 7 aliphatic rings. The SMILES string of the molecule is COC(=O)[C@H]1C[C@]23O[C@H]2C(=O)CC[C@]3(C)[C@]23O[C@@H]2C[C@@]2(C)C(CCC24CCC(=O)O4)C13. The Hall–Kier alpha value is -1.47. The van der Waals surface area contributed by atoms with E-state index in [-0.39, 0.29) is 52.4 Å². The Labute approximate surface area is 181 Å². The van der Waals surface area contributed by atoms with Crippen molar-refractivity contribution in [2.75, 3.05) is 7.11 Å². The van der Waals surface area contributed by atoms with Crippen LogP contribution in [0.2, 0.25) is 0 Å². The average molecular weight is 430 g/mol. The predicted octanol–water partition coefficient (Wildman–Crippen LogP) is 2.34. The molecule has 7 rings (SSSR count). The summed E-state index contributed by atoms with van der Waals surface area (Å²) in [5.74, 6) is -0.325. The molecular formula is C24H30O7. The van der Waals surface area contributed by atoms with Gasteiger partial charge in [0, 0.05) is 29.6 Å². The van der Waals surface area contributed by atoms with E-state index in [0.717, 1.165) is 32.1 Å². The minimum atomic E-state index is -0.601. The lowest BCUT2D eigenvalue weighted by atomic mass is 9.41. The number of hydrogen-bond donors (Lipinski definition) is 0. The fraction of sp³-hybridized carbons (Fsp3) is 0.875. The molecule has 3 aliphatic heterocycles. The Bertz CT molecular complexity index is 946. The molecule has 7 fully saturated rings. The monoisotopic (exact) mass is 430 g/mol. The second kappa shape index (κ2) is 5.19. The molecule has 0 radical (unpaired) electrons. The summed E-state index contributed by atoms with van der Waals surface area (Å²) in [7, 11) is 1.44.